The van der Waals surface area contributed by atoms with E-state index in [1.807, 2.05) is 0 Å². The SMILES string of the molecule is [Ni+2].c1ccc(P(c2ccccc2)c2ccccc2)cc1.c1ccc(P(c2ccccc2)c2ccccc2)cc1. The molecule has 6 rings (SSSR count). The van der Waals surface area contributed by atoms with Gasteiger partial charge in [-0.1, -0.05) is 182 Å². The summed E-state index contributed by atoms with van der Waals surface area (Å²) in [4.78, 5) is 0. The van der Waals surface area contributed by atoms with Crippen LogP contribution >= 0.6 is 15.8 Å². The number of benzene rings is 6. The molecule has 39 heavy (non-hydrogen) atoms. The first-order valence-electron chi connectivity index (χ1n) is 12.8. The van der Waals surface area contributed by atoms with Crippen LogP contribution in [0.15, 0.2) is 182 Å². The van der Waals surface area contributed by atoms with Crippen LogP contribution in [0.2, 0.25) is 0 Å². The van der Waals surface area contributed by atoms with Crippen molar-refractivity contribution >= 4 is 47.7 Å². The number of rotatable bonds is 6. The van der Waals surface area contributed by atoms with Crippen LogP contribution in [0.1, 0.15) is 0 Å². The number of hydrogen-bond acceptors (Lipinski definition) is 0. The summed E-state index contributed by atoms with van der Waals surface area (Å²) >= 11 is 0. The van der Waals surface area contributed by atoms with Gasteiger partial charge in [0, 0.05) is 0 Å². The van der Waals surface area contributed by atoms with Gasteiger partial charge in [-0.3, -0.25) is 0 Å². The van der Waals surface area contributed by atoms with Crippen LogP contribution in [0.3, 0.4) is 0 Å². The van der Waals surface area contributed by atoms with E-state index in [-0.39, 0.29) is 16.5 Å². The molecule has 0 aliphatic rings. The third-order valence-corrected chi connectivity index (χ3v) is 11.0. The van der Waals surface area contributed by atoms with Gasteiger partial charge in [0.1, 0.15) is 0 Å². The van der Waals surface area contributed by atoms with Crippen molar-refractivity contribution in [1.29, 1.82) is 0 Å². The van der Waals surface area contributed by atoms with E-state index in [9.17, 15) is 0 Å². The molecule has 0 nitrogen and oxygen atoms in total. The Morgan fingerprint density at radius 1 is 0.205 bits per heavy atom. The van der Waals surface area contributed by atoms with E-state index in [1.54, 1.807) is 0 Å². The van der Waals surface area contributed by atoms with E-state index < -0.39 is 15.8 Å². The van der Waals surface area contributed by atoms with E-state index in [4.69, 9.17) is 0 Å². The van der Waals surface area contributed by atoms with Crippen molar-refractivity contribution < 1.29 is 16.5 Å². The van der Waals surface area contributed by atoms with Gasteiger partial charge in [0.25, 0.3) is 0 Å². The Morgan fingerprint density at radius 3 is 0.462 bits per heavy atom. The molecule has 3 heteroatoms. The molecule has 0 unspecified atom stereocenters. The molecule has 6 aromatic rings. The zero-order valence-corrected chi connectivity index (χ0v) is 24.3. The quantitative estimate of drug-likeness (QED) is 0.148. The van der Waals surface area contributed by atoms with Gasteiger partial charge in [-0.05, 0) is 47.7 Å². The van der Waals surface area contributed by atoms with Crippen molar-refractivity contribution in [2.24, 2.45) is 0 Å². The molecule has 0 saturated carbocycles. The van der Waals surface area contributed by atoms with E-state index in [2.05, 4.69) is 182 Å². The molecule has 0 atom stereocenters. The van der Waals surface area contributed by atoms with Gasteiger partial charge in [0.15, 0.2) is 0 Å². The maximum Gasteiger partial charge on any atom is 2.00 e. The van der Waals surface area contributed by atoms with Crippen molar-refractivity contribution in [2.45, 2.75) is 0 Å². The molecule has 0 aliphatic heterocycles. The van der Waals surface area contributed by atoms with Crippen molar-refractivity contribution in [2.75, 3.05) is 0 Å². The fourth-order valence-electron chi connectivity index (χ4n) is 4.36. The molecular weight excluding hydrogens is 553 g/mol. The Labute approximate surface area is 245 Å². The molecule has 0 fully saturated rings. The first-order valence-corrected chi connectivity index (χ1v) is 15.5. The minimum atomic E-state index is -0.446. The average Bonchev–Trinajstić information content (AvgIpc) is 3.01. The second kappa shape index (κ2) is 15.3. The Morgan fingerprint density at radius 2 is 0.333 bits per heavy atom. The summed E-state index contributed by atoms with van der Waals surface area (Å²) in [5, 5.41) is 8.39. The predicted octanol–water partition coefficient (Wildman–Crippen LogP) is 6.89. The van der Waals surface area contributed by atoms with Crippen LogP contribution < -0.4 is 31.8 Å². The van der Waals surface area contributed by atoms with E-state index >= 15 is 0 Å². The second-order valence-electron chi connectivity index (χ2n) is 8.68. The second-order valence-corrected chi connectivity index (χ2v) is 13.1. The van der Waals surface area contributed by atoms with Gasteiger partial charge >= 0.3 is 16.5 Å². The van der Waals surface area contributed by atoms with Crippen LogP contribution in [-0.4, -0.2) is 0 Å². The summed E-state index contributed by atoms with van der Waals surface area (Å²) in [7, 11) is -0.892. The standard InChI is InChI=1S/2C18H15P.Ni/c2*1-4-10-16(11-5-1)19(17-12-6-2-7-13-17)18-14-8-3-9-15-18;/h2*1-15H;/q;;+2. The zero-order valence-electron chi connectivity index (χ0n) is 21.5. The first-order chi connectivity index (χ1) is 18.9. The molecule has 0 amide bonds. The van der Waals surface area contributed by atoms with E-state index in [0.717, 1.165) is 0 Å². The van der Waals surface area contributed by atoms with Gasteiger partial charge in [0.05, 0.1) is 0 Å². The maximum atomic E-state index is 2.23. The molecule has 0 spiro atoms. The Kier molecular flexibility index (Phi) is 11.3. The van der Waals surface area contributed by atoms with Crippen LogP contribution in [0.4, 0.5) is 0 Å². The topological polar surface area (TPSA) is 0 Å². The Balaban J connectivity index is 0.000000176. The minimum Gasteiger partial charge on any atom is -0.0622 e. The van der Waals surface area contributed by atoms with Crippen LogP contribution in [0.5, 0.6) is 0 Å². The zero-order chi connectivity index (χ0) is 25.8. The van der Waals surface area contributed by atoms with Crippen LogP contribution in [0.25, 0.3) is 0 Å². The first kappa shape index (κ1) is 28.7. The average molecular weight is 583 g/mol. The molecule has 0 N–H and O–H groups in total. The molecule has 0 heterocycles. The smallest absolute Gasteiger partial charge is 0.0622 e. The molecule has 0 aromatic heterocycles. The molecule has 0 saturated heterocycles. The summed E-state index contributed by atoms with van der Waals surface area (Å²) in [5.74, 6) is 0. The Bertz CT molecular complexity index is 1170. The van der Waals surface area contributed by atoms with Gasteiger partial charge in [0.2, 0.25) is 0 Å². The third-order valence-electron chi connectivity index (χ3n) is 6.09. The molecular formula is C36H30NiP2+2. The molecule has 192 valence electrons. The van der Waals surface area contributed by atoms with Gasteiger partial charge in [-0.25, -0.2) is 0 Å². The van der Waals surface area contributed by atoms with Crippen molar-refractivity contribution in [3.05, 3.63) is 182 Å². The van der Waals surface area contributed by atoms with Gasteiger partial charge in [-0.2, -0.15) is 0 Å². The van der Waals surface area contributed by atoms with Crippen molar-refractivity contribution in [3.63, 3.8) is 0 Å². The van der Waals surface area contributed by atoms with Crippen molar-refractivity contribution in [1.82, 2.24) is 0 Å². The summed E-state index contributed by atoms with van der Waals surface area (Å²) in [5.41, 5.74) is 0. The summed E-state index contributed by atoms with van der Waals surface area (Å²) in [6, 6.07) is 64.7. The number of hydrogen-bond donors (Lipinski definition) is 0. The molecule has 0 radical (unpaired) electrons. The van der Waals surface area contributed by atoms with Crippen molar-refractivity contribution in [3.8, 4) is 0 Å². The third kappa shape index (κ3) is 7.85. The summed E-state index contributed by atoms with van der Waals surface area (Å²) < 4.78 is 0. The van der Waals surface area contributed by atoms with Crippen LogP contribution in [0, 0.1) is 0 Å². The molecule has 0 aliphatic carbocycles. The summed E-state index contributed by atoms with van der Waals surface area (Å²) in [6.45, 7) is 0. The normalized spacial score (nSPS) is 10.3. The largest absolute Gasteiger partial charge is 2.00 e. The predicted molar refractivity (Wildman–Crippen MR) is 170 cm³/mol. The van der Waals surface area contributed by atoms with E-state index in [0.29, 0.717) is 0 Å². The fourth-order valence-corrected chi connectivity index (χ4v) is 8.97. The monoisotopic (exact) mass is 582 g/mol. The minimum absolute atomic E-state index is 0. The van der Waals surface area contributed by atoms with Gasteiger partial charge < -0.3 is 0 Å². The van der Waals surface area contributed by atoms with Gasteiger partial charge in [-0.15, -0.1) is 0 Å². The fraction of sp³-hybridized carbons (Fsp3) is 0. The Hall–Kier alpha value is -3.33. The van der Waals surface area contributed by atoms with E-state index in [1.165, 1.54) is 31.8 Å². The molecule has 0 bridgehead atoms. The maximum absolute atomic E-state index is 2.23. The summed E-state index contributed by atoms with van der Waals surface area (Å²) in [6.07, 6.45) is 0. The molecule has 6 aromatic carbocycles. The van der Waals surface area contributed by atoms with Crippen LogP contribution in [-0.2, 0) is 16.5 Å².